The first-order chi connectivity index (χ1) is 27.7. The fourth-order valence-corrected chi connectivity index (χ4v) is 11.1. The molecule has 7 heterocycles. The number of pyridine rings is 2. The van der Waals surface area contributed by atoms with Crippen molar-refractivity contribution in [1.82, 2.24) is 19.1 Å². The van der Waals surface area contributed by atoms with E-state index in [4.69, 9.17) is 9.97 Å². The largest absolute Gasteiger partial charge is 0.310 e. The average molecular weight is 754 g/mol. The molecule has 5 nitrogen and oxygen atoms in total. The molecule has 0 N–H and O–H groups in total. The van der Waals surface area contributed by atoms with Crippen molar-refractivity contribution in [2.24, 2.45) is 0 Å². The molecule has 5 aromatic carbocycles. The number of hydrogen-bond donors (Lipinski definition) is 0. The van der Waals surface area contributed by atoms with Gasteiger partial charge in [0.15, 0.2) is 0 Å². The molecule has 0 spiro atoms. The van der Waals surface area contributed by atoms with Gasteiger partial charge in [-0.05, 0) is 105 Å². The van der Waals surface area contributed by atoms with Gasteiger partial charge in [0, 0.05) is 55.9 Å². The maximum absolute atomic E-state index is 5.09. The molecule has 284 valence electrons. The fraction of sp³-hybridized carbons (Fsp3) is 0.245. The number of rotatable bonds is 1. The first-order valence-corrected chi connectivity index (χ1v) is 20.8. The fourth-order valence-electron chi connectivity index (χ4n) is 11.1. The standard InChI is InChI=1S/C53H47N5/c1-50(2,3)30-25-35-34-17-14-24-55-49(34)57-43-27-31(21-22-37(43)52(6,7)41(26-30)47(35)57)56-42-20-11-10-18-36(42)51(4,5)39-28-40-45(29-44(39)56)58-46-32(33-16-13-23-54-48(33)58)15-12-19-38(46)53(40,8)9/h10-29H,1-9H3. The van der Waals surface area contributed by atoms with E-state index >= 15 is 0 Å². The van der Waals surface area contributed by atoms with E-state index in [2.05, 4.69) is 186 Å². The van der Waals surface area contributed by atoms with Crippen molar-refractivity contribution in [3.8, 4) is 11.4 Å². The van der Waals surface area contributed by atoms with Gasteiger partial charge in [-0.15, -0.1) is 0 Å². The summed E-state index contributed by atoms with van der Waals surface area (Å²) < 4.78 is 4.90. The summed E-state index contributed by atoms with van der Waals surface area (Å²) in [6.45, 7) is 21.3. The lowest BCUT2D eigenvalue weighted by Gasteiger charge is -2.45. The molecule has 0 saturated carbocycles. The van der Waals surface area contributed by atoms with Crippen molar-refractivity contribution in [3.05, 3.63) is 161 Å². The van der Waals surface area contributed by atoms with Crippen LogP contribution < -0.4 is 4.90 Å². The zero-order chi connectivity index (χ0) is 39.8. The molecule has 3 aliphatic heterocycles. The average Bonchev–Trinajstić information content (AvgIpc) is 3.72. The monoisotopic (exact) mass is 753 g/mol. The second-order valence-corrected chi connectivity index (χ2v) is 19.6. The van der Waals surface area contributed by atoms with Crippen molar-refractivity contribution in [2.45, 2.75) is 84.0 Å². The highest BCUT2D eigenvalue weighted by atomic mass is 15.2. The molecular weight excluding hydrogens is 707 g/mol. The van der Waals surface area contributed by atoms with E-state index in [1.54, 1.807) is 0 Å². The van der Waals surface area contributed by atoms with E-state index < -0.39 is 0 Å². The van der Waals surface area contributed by atoms with E-state index in [0.29, 0.717) is 0 Å². The molecule has 0 aliphatic carbocycles. The number of fused-ring (bicyclic) bond motifs is 12. The van der Waals surface area contributed by atoms with Crippen LogP contribution in [0.5, 0.6) is 0 Å². The van der Waals surface area contributed by atoms with Crippen LogP contribution in [-0.2, 0) is 21.7 Å². The van der Waals surface area contributed by atoms with E-state index in [-0.39, 0.29) is 21.7 Å². The summed E-state index contributed by atoms with van der Waals surface area (Å²) in [5, 5.41) is 4.92. The Morgan fingerprint density at radius 1 is 0.431 bits per heavy atom. The van der Waals surface area contributed by atoms with Crippen molar-refractivity contribution in [1.29, 1.82) is 0 Å². The van der Waals surface area contributed by atoms with Crippen LogP contribution in [0, 0.1) is 0 Å². The molecule has 0 saturated heterocycles. The number of anilines is 3. The molecule has 58 heavy (non-hydrogen) atoms. The smallest absolute Gasteiger partial charge is 0.145 e. The Morgan fingerprint density at radius 3 is 1.72 bits per heavy atom. The Bertz CT molecular complexity index is 3310. The Kier molecular flexibility index (Phi) is 6.22. The highest BCUT2D eigenvalue weighted by molar-refractivity contribution is 6.12. The second-order valence-electron chi connectivity index (χ2n) is 19.6. The zero-order valence-electron chi connectivity index (χ0n) is 34.8. The van der Waals surface area contributed by atoms with E-state index in [0.717, 1.165) is 17.0 Å². The van der Waals surface area contributed by atoms with Gasteiger partial charge in [-0.2, -0.15) is 0 Å². The molecular formula is C53H47N5. The van der Waals surface area contributed by atoms with Gasteiger partial charge in [0.2, 0.25) is 0 Å². The summed E-state index contributed by atoms with van der Waals surface area (Å²) in [6, 6.07) is 41.5. The van der Waals surface area contributed by atoms with Crippen LogP contribution >= 0.6 is 0 Å². The van der Waals surface area contributed by atoms with Gasteiger partial charge in [0.25, 0.3) is 0 Å². The number of para-hydroxylation sites is 2. The predicted molar refractivity (Wildman–Crippen MR) is 240 cm³/mol. The van der Waals surface area contributed by atoms with Gasteiger partial charge >= 0.3 is 0 Å². The van der Waals surface area contributed by atoms with Crippen LogP contribution in [-0.4, -0.2) is 19.1 Å². The van der Waals surface area contributed by atoms with Crippen molar-refractivity contribution < 1.29 is 0 Å². The molecule has 0 fully saturated rings. The topological polar surface area (TPSA) is 38.9 Å². The highest BCUT2D eigenvalue weighted by Gasteiger charge is 2.43. The molecule has 5 heteroatoms. The summed E-state index contributed by atoms with van der Waals surface area (Å²) in [5.74, 6) is 0. The summed E-state index contributed by atoms with van der Waals surface area (Å²) in [5.41, 5.74) is 19.1. The number of hydrogen-bond acceptors (Lipinski definition) is 3. The molecule has 4 aromatic heterocycles. The molecule has 0 atom stereocenters. The molecule has 12 rings (SSSR count). The SMILES string of the molecule is CC(C)(C)c1cc2c3c(c1)c1cccnc1n3-c1cc(N3c4ccccc4C(C)(C)c4cc5c(cc43)-n3c4ncccc4c4cccc(c43)C5(C)C)ccc1C2(C)C. The third-order valence-corrected chi connectivity index (χ3v) is 14.3. The van der Waals surface area contributed by atoms with Crippen LogP contribution in [0.1, 0.15) is 101 Å². The molecule has 0 unspecified atom stereocenters. The minimum Gasteiger partial charge on any atom is -0.310 e. The van der Waals surface area contributed by atoms with Crippen molar-refractivity contribution >= 4 is 60.9 Å². The first-order valence-electron chi connectivity index (χ1n) is 20.8. The molecule has 0 amide bonds. The Labute approximate surface area is 339 Å². The van der Waals surface area contributed by atoms with Crippen LogP contribution in [0.15, 0.2) is 122 Å². The summed E-state index contributed by atoms with van der Waals surface area (Å²) in [7, 11) is 0. The number of aromatic nitrogens is 4. The lowest BCUT2D eigenvalue weighted by Crippen LogP contribution is -2.33. The minimum absolute atomic E-state index is 0.00954. The van der Waals surface area contributed by atoms with Crippen LogP contribution in [0.3, 0.4) is 0 Å². The van der Waals surface area contributed by atoms with E-state index in [9.17, 15) is 0 Å². The zero-order valence-corrected chi connectivity index (χ0v) is 34.8. The third kappa shape index (κ3) is 4.02. The summed E-state index contributed by atoms with van der Waals surface area (Å²) in [6.07, 6.45) is 3.87. The Hall–Kier alpha value is -6.20. The lowest BCUT2D eigenvalue weighted by molar-refractivity contribution is 0.582. The first kappa shape index (κ1) is 33.9. The maximum Gasteiger partial charge on any atom is 0.145 e. The minimum atomic E-state index is -0.247. The second kappa shape index (κ2) is 10.6. The van der Waals surface area contributed by atoms with Gasteiger partial charge in [-0.25, -0.2) is 9.97 Å². The molecule has 3 aliphatic rings. The van der Waals surface area contributed by atoms with Gasteiger partial charge in [-0.3, -0.25) is 9.13 Å². The summed E-state index contributed by atoms with van der Waals surface area (Å²) in [4.78, 5) is 12.7. The van der Waals surface area contributed by atoms with Crippen molar-refractivity contribution in [3.63, 3.8) is 0 Å². The van der Waals surface area contributed by atoms with Crippen molar-refractivity contribution in [2.75, 3.05) is 4.90 Å². The van der Waals surface area contributed by atoms with E-state index in [1.807, 2.05) is 12.4 Å². The summed E-state index contributed by atoms with van der Waals surface area (Å²) >= 11 is 0. The normalized spacial score (nSPS) is 16.7. The molecule has 0 radical (unpaired) electrons. The van der Waals surface area contributed by atoms with Crippen LogP contribution in [0.25, 0.3) is 55.2 Å². The maximum atomic E-state index is 5.09. The van der Waals surface area contributed by atoms with Gasteiger partial charge in [-0.1, -0.05) is 111 Å². The Morgan fingerprint density at radius 2 is 1.00 bits per heavy atom. The predicted octanol–water partition coefficient (Wildman–Crippen LogP) is 13.4. The number of nitrogens with zero attached hydrogens (tertiary/aromatic N) is 5. The van der Waals surface area contributed by atoms with Gasteiger partial charge < -0.3 is 4.90 Å². The third-order valence-electron chi connectivity index (χ3n) is 14.3. The van der Waals surface area contributed by atoms with Crippen LogP contribution in [0.2, 0.25) is 0 Å². The van der Waals surface area contributed by atoms with E-state index in [1.165, 1.54) is 94.3 Å². The number of benzene rings is 5. The quantitative estimate of drug-likeness (QED) is 0.168. The molecule has 9 aromatic rings. The van der Waals surface area contributed by atoms with Gasteiger partial charge in [0.1, 0.15) is 11.3 Å². The van der Waals surface area contributed by atoms with Crippen LogP contribution in [0.4, 0.5) is 17.1 Å². The molecule has 0 bridgehead atoms. The lowest BCUT2D eigenvalue weighted by atomic mass is 9.69. The highest BCUT2D eigenvalue weighted by Crippen LogP contribution is 2.57. The Balaban J connectivity index is 1.17. The van der Waals surface area contributed by atoms with Gasteiger partial charge in [0.05, 0.1) is 33.8 Å².